The van der Waals surface area contributed by atoms with Crippen LogP contribution in [0.15, 0.2) is 24.3 Å². The lowest BCUT2D eigenvalue weighted by atomic mass is 10.0. The highest BCUT2D eigenvalue weighted by atomic mass is 16.5. The zero-order chi connectivity index (χ0) is 14.5. The van der Waals surface area contributed by atoms with Crippen LogP contribution in [0.4, 0.5) is 0 Å². The number of hydrogen-bond acceptors (Lipinski definition) is 3. The smallest absolute Gasteiger partial charge is 0.345 e. The molecule has 4 nitrogen and oxygen atoms in total. The second-order valence-corrected chi connectivity index (χ2v) is 5.87. The van der Waals surface area contributed by atoms with Crippen LogP contribution in [0.5, 0.6) is 5.75 Å². The van der Waals surface area contributed by atoms with Crippen molar-refractivity contribution in [1.82, 2.24) is 5.32 Å². The van der Waals surface area contributed by atoms with Gasteiger partial charge in [-0.05, 0) is 43.0 Å². The molecule has 1 aromatic carbocycles. The third kappa shape index (κ3) is 3.97. The second kappa shape index (κ2) is 6.75. The maximum atomic E-state index is 11.4. The Hall–Kier alpha value is -1.55. The predicted molar refractivity (Wildman–Crippen MR) is 78.0 cm³/mol. The monoisotopic (exact) mass is 277 g/mol. The van der Waals surface area contributed by atoms with Crippen molar-refractivity contribution in [3.63, 3.8) is 0 Å². The molecule has 1 saturated heterocycles. The summed E-state index contributed by atoms with van der Waals surface area (Å²) in [5.74, 6) is 0.385. The molecule has 1 aromatic rings. The molecule has 20 heavy (non-hydrogen) atoms. The highest BCUT2D eigenvalue weighted by molar-refractivity contribution is 5.73. The number of carboxylic acid groups (broad SMARTS) is 1. The van der Waals surface area contributed by atoms with E-state index in [4.69, 9.17) is 4.74 Å². The van der Waals surface area contributed by atoms with Gasteiger partial charge in [-0.2, -0.15) is 0 Å². The van der Waals surface area contributed by atoms with Crippen molar-refractivity contribution < 1.29 is 14.6 Å². The van der Waals surface area contributed by atoms with Gasteiger partial charge in [-0.3, -0.25) is 0 Å². The van der Waals surface area contributed by atoms with E-state index in [0.717, 1.165) is 19.4 Å². The molecule has 0 radical (unpaired) electrons. The lowest BCUT2D eigenvalue weighted by Crippen LogP contribution is -2.36. The Bertz CT molecular complexity index is 453. The fourth-order valence-electron chi connectivity index (χ4n) is 2.65. The molecule has 1 aliphatic rings. The second-order valence-electron chi connectivity index (χ2n) is 5.87. The van der Waals surface area contributed by atoms with Gasteiger partial charge in [0.2, 0.25) is 0 Å². The summed E-state index contributed by atoms with van der Waals surface area (Å²) in [5.41, 5.74) is 1.19. The van der Waals surface area contributed by atoms with Gasteiger partial charge in [0.1, 0.15) is 5.75 Å². The standard InChI is InChI=1S/C16H23NO3/c1-11(2)8-12-4-3-5-14(9-12)20-15(16(18)19)13-6-7-17-10-13/h3-5,9,11,13,15,17H,6-8,10H2,1-2H3,(H,18,19). The summed E-state index contributed by atoms with van der Waals surface area (Å²) >= 11 is 0. The molecule has 0 aliphatic carbocycles. The fraction of sp³-hybridized carbons (Fsp3) is 0.562. The van der Waals surface area contributed by atoms with E-state index in [-0.39, 0.29) is 5.92 Å². The Morgan fingerprint density at radius 2 is 2.30 bits per heavy atom. The third-order valence-electron chi connectivity index (χ3n) is 3.58. The fourth-order valence-corrected chi connectivity index (χ4v) is 2.65. The van der Waals surface area contributed by atoms with Crippen LogP contribution in [-0.2, 0) is 11.2 Å². The largest absolute Gasteiger partial charge is 0.478 e. The molecule has 1 heterocycles. The van der Waals surface area contributed by atoms with Crippen LogP contribution in [0, 0.1) is 11.8 Å². The summed E-state index contributed by atoms with van der Waals surface area (Å²) in [7, 11) is 0. The first kappa shape index (κ1) is 14.9. The number of hydrogen-bond donors (Lipinski definition) is 2. The van der Waals surface area contributed by atoms with Crippen LogP contribution < -0.4 is 10.1 Å². The summed E-state index contributed by atoms with van der Waals surface area (Å²) in [5, 5.41) is 12.5. The van der Waals surface area contributed by atoms with Gasteiger partial charge < -0.3 is 15.2 Å². The van der Waals surface area contributed by atoms with Crippen molar-refractivity contribution in [2.24, 2.45) is 11.8 Å². The number of carboxylic acids is 1. The van der Waals surface area contributed by atoms with E-state index >= 15 is 0 Å². The normalized spacial score (nSPS) is 20.1. The molecule has 0 spiro atoms. The van der Waals surface area contributed by atoms with Crippen LogP contribution in [0.3, 0.4) is 0 Å². The summed E-state index contributed by atoms with van der Waals surface area (Å²) in [6.07, 6.45) is 1.06. The van der Waals surface area contributed by atoms with Crippen molar-refractivity contribution in [2.75, 3.05) is 13.1 Å². The van der Waals surface area contributed by atoms with Gasteiger partial charge in [0.05, 0.1) is 0 Å². The van der Waals surface area contributed by atoms with Crippen LogP contribution in [0.1, 0.15) is 25.8 Å². The molecule has 0 bridgehead atoms. The minimum absolute atomic E-state index is 0.0428. The molecule has 2 rings (SSSR count). The summed E-state index contributed by atoms with van der Waals surface area (Å²) < 4.78 is 5.74. The number of nitrogens with one attached hydrogen (secondary N) is 1. The van der Waals surface area contributed by atoms with Crippen LogP contribution in [0.2, 0.25) is 0 Å². The summed E-state index contributed by atoms with van der Waals surface area (Å²) in [4.78, 5) is 11.4. The molecule has 0 saturated carbocycles. The predicted octanol–water partition coefficient (Wildman–Crippen LogP) is 2.33. The number of carbonyl (C=O) groups is 1. The van der Waals surface area contributed by atoms with Gasteiger partial charge in [0.15, 0.2) is 6.10 Å². The Morgan fingerprint density at radius 1 is 1.50 bits per heavy atom. The molecular weight excluding hydrogens is 254 g/mol. The molecule has 1 aliphatic heterocycles. The first-order valence-electron chi connectivity index (χ1n) is 7.25. The molecule has 0 aromatic heterocycles. The van der Waals surface area contributed by atoms with Crippen molar-refractivity contribution >= 4 is 5.97 Å². The highest BCUT2D eigenvalue weighted by Gasteiger charge is 2.32. The maximum Gasteiger partial charge on any atom is 0.345 e. The Kier molecular flexibility index (Phi) is 5.01. The topological polar surface area (TPSA) is 58.6 Å². The Labute approximate surface area is 120 Å². The number of rotatable bonds is 6. The van der Waals surface area contributed by atoms with E-state index in [0.29, 0.717) is 18.2 Å². The van der Waals surface area contributed by atoms with Crippen LogP contribution in [0.25, 0.3) is 0 Å². The first-order chi connectivity index (χ1) is 9.56. The molecule has 2 unspecified atom stereocenters. The van der Waals surface area contributed by atoms with Crippen molar-refractivity contribution in [3.05, 3.63) is 29.8 Å². The Balaban J connectivity index is 2.07. The highest BCUT2D eigenvalue weighted by Crippen LogP contribution is 2.22. The summed E-state index contributed by atoms with van der Waals surface area (Å²) in [6, 6.07) is 7.78. The SMILES string of the molecule is CC(C)Cc1cccc(OC(C(=O)O)C2CCNC2)c1. The molecule has 110 valence electrons. The van der Waals surface area contributed by atoms with Gasteiger partial charge in [0, 0.05) is 12.5 Å². The van der Waals surface area contributed by atoms with Gasteiger partial charge in [-0.25, -0.2) is 4.79 Å². The zero-order valence-electron chi connectivity index (χ0n) is 12.1. The molecule has 4 heteroatoms. The first-order valence-corrected chi connectivity index (χ1v) is 7.25. The molecule has 1 fully saturated rings. The third-order valence-corrected chi connectivity index (χ3v) is 3.58. The quantitative estimate of drug-likeness (QED) is 0.838. The number of aliphatic carboxylic acids is 1. The van der Waals surface area contributed by atoms with Crippen LogP contribution in [-0.4, -0.2) is 30.3 Å². The lowest BCUT2D eigenvalue weighted by molar-refractivity contribution is -0.147. The summed E-state index contributed by atoms with van der Waals surface area (Å²) in [6.45, 7) is 5.91. The van der Waals surface area contributed by atoms with E-state index < -0.39 is 12.1 Å². The van der Waals surface area contributed by atoms with Gasteiger partial charge >= 0.3 is 5.97 Å². The van der Waals surface area contributed by atoms with Crippen molar-refractivity contribution in [2.45, 2.75) is 32.8 Å². The molecule has 2 N–H and O–H groups in total. The van der Waals surface area contributed by atoms with E-state index in [1.807, 2.05) is 18.2 Å². The minimum atomic E-state index is -0.882. The lowest BCUT2D eigenvalue weighted by Gasteiger charge is -2.20. The van der Waals surface area contributed by atoms with E-state index in [9.17, 15) is 9.90 Å². The number of benzene rings is 1. The zero-order valence-corrected chi connectivity index (χ0v) is 12.1. The van der Waals surface area contributed by atoms with Crippen molar-refractivity contribution in [1.29, 1.82) is 0 Å². The van der Waals surface area contributed by atoms with E-state index in [1.54, 1.807) is 0 Å². The Morgan fingerprint density at radius 3 is 2.90 bits per heavy atom. The maximum absolute atomic E-state index is 11.4. The number of ether oxygens (including phenoxy) is 1. The van der Waals surface area contributed by atoms with Gasteiger partial charge in [-0.1, -0.05) is 26.0 Å². The molecule has 0 amide bonds. The molecular formula is C16H23NO3. The minimum Gasteiger partial charge on any atom is -0.478 e. The van der Waals surface area contributed by atoms with Gasteiger partial charge in [0.25, 0.3) is 0 Å². The average Bonchev–Trinajstić information content (AvgIpc) is 2.88. The van der Waals surface area contributed by atoms with Crippen molar-refractivity contribution in [3.8, 4) is 5.75 Å². The van der Waals surface area contributed by atoms with Gasteiger partial charge in [-0.15, -0.1) is 0 Å². The van der Waals surface area contributed by atoms with E-state index in [2.05, 4.69) is 25.2 Å². The molecule has 2 atom stereocenters. The van der Waals surface area contributed by atoms with E-state index in [1.165, 1.54) is 5.56 Å². The van der Waals surface area contributed by atoms with Crippen LogP contribution >= 0.6 is 0 Å². The average molecular weight is 277 g/mol.